The number of rotatable bonds is 12. The van der Waals surface area contributed by atoms with Crippen LogP contribution >= 0.6 is 0 Å². The Hall–Kier alpha value is -3.38. The van der Waals surface area contributed by atoms with Gasteiger partial charge in [0.15, 0.2) is 18.3 Å². The predicted molar refractivity (Wildman–Crippen MR) is 134 cm³/mol. The first-order valence-corrected chi connectivity index (χ1v) is 10.9. The van der Waals surface area contributed by atoms with Crippen LogP contribution in [0.4, 0.5) is 5.69 Å². The van der Waals surface area contributed by atoms with E-state index in [1.807, 2.05) is 18.2 Å². The van der Waals surface area contributed by atoms with Gasteiger partial charge in [-0.1, -0.05) is 35.5 Å². The number of ether oxygens (including phenoxy) is 3. The average Bonchev–Trinajstić information content (AvgIpc) is 2.80. The molecule has 0 aromatic heterocycles. The smallest absolute Gasteiger partial charge is 0.269 e. The highest BCUT2D eigenvalue weighted by molar-refractivity contribution is 5.72. The van der Waals surface area contributed by atoms with Crippen molar-refractivity contribution in [2.45, 2.75) is 40.0 Å². The highest BCUT2D eigenvalue weighted by Crippen LogP contribution is 2.34. The molecule has 2 rings (SSSR count). The molecule has 33 heavy (non-hydrogen) atoms. The summed E-state index contributed by atoms with van der Waals surface area (Å²) in [5.74, 6) is 1.30. The van der Waals surface area contributed by atoms with E-state index in [4.69, 9.17) is 14.2 Å². The third-order valence-electron chi connectivity index (χ3n) is 5.03. The molecule has 0 saturated carbocycles. The molecule has 2 aromatic carbocycles. The molecule has 0 heterocycles. The van der Waals surface area contributed by atoms with Crippen LogP contribution < -0.4 is 9.47 Å². The van der Waals surface area contributed by atoms with Crippen molar-refractivity contribution < 1.29 is 19.1 Å². The Labute approximate surface area is 196 Å². The fraction of sp³-hybridized carbons (Fsp3) is 0.333. The summed E-state index contributed by atoms with van der Waals surface area (Å²) in [5, 5.41) is 10.8. The number of hydrogen-bond acceptors (Lipinski definition) is 5. The molecule has 0 aliphatic rings. The molecule has 6 heteroatoms. The third-order valence-corrected chi connectivity index (χ3v) is 5.03. The maximum Gasteiger partial charge on any atom is 0.269 e. The molecule has 0 amide bonds. The van der Waals surface area contributed by atoms with Crippen LogP contribution in [-0.4, -0.2) is 25.9 Å². The fourth-order valence-corrected chi connectivity index (χ4v) is 3.24. The van der Waals surface area contributed by atoms with E-state index in [9.17, 15) is 10.1 Å². The van der Waals surface area contributed by atoms with Crippen molar-refractivity contribution >= 4 is 17.8 Å². The minimum Gasteiger partial charge on any atom is -0.493 e. The van der Waals surface area contributed by atoms with Crippen molar-refractivity contribution in [2.75, 3.05) is 21.0 Å². The van der Waals surface area contributed by atoms with E-state index in [-0.39, 0.29) is 12.5 Å². The van der Waals surface area contributed by atoms with Crippen molar-refractivity contribution in [2.24, 2.45) is 0 Å². The molecule has 0 fully saturated rings. The highest BCUT2D eigenvalue weighted by atomic mass is 16.7. The van der Waals surface area contributed by atoms with Gasteiger partial charge < -0.3 is 14.2 Å². The third kappa shape index (κ3) is 8.58. The van der Waals surface area contributed by atoms with Gasteiger partial charge in [0.1, 0.15) is 0 Å². The Morgan fingerprint density at radius 1 is 1.00 bits per heavy atom. The number of allylic oxidation sites excluding steroid dienone is 4. The van der Waals surface area contributed by atoms with Crippen LogP contribution in [0.1, 0.15) is 50.3 Å². The normalized spacial score (nSPS) is 11.5. The van der Waals surface area contributed by atoms with E-state index in [1.165, 1.54) is 23.3 Å². The predicted octanol–water partition coefficient (Wildman–Crippen LogP) is 6.99. The number of nitro benzene ring substituents is 1. The van der Waals surface area contributed by atoms with Gasteiger partial charge in [-0.2, -0.15) is 0 Å². The molecule has 0 bridgehead atoms. The largest absolute Gasteiger partial charge is 0.493 e. The summed E-state index contributed by atoms with van der Waals surface area (Å²) >= 11 is 0. The summed E-state index contributed by atoms with van der Waals surface area (Å²) in [6, 6.07) is 10.4. The minimum atomic E-state index is -0.404. The molecule has 0 unspecified atom stereocenters. The summed E-state index contributed by atoms with van der Waals surface area (Å²) in [6.45, 7) is 6.50. The molecule has 0 atom stereocenters. The first-order chi connectivity index (χ1) is 15.8. The zero-order chi connectivity index (χ0) is 24.2. The zero-order valence-corrected chi connectivity index (χ0v) is 20.1. The van der Waals surface area contributed by atoms with Gasteiger partial charge in [0.25, 0.3) is 5.69 Å². The van der Waals surface area contributed by atoms with E-state index in [2.05, 4.69) is 39.0 Å². The Kier molecular flexibility index (Phi) is 10.4. The van der Waals surface area contributed by atoms with Crippen molar-refractivity contribution in [3.8, 4) is 11.5 Å². The highest BCUT2D eigenvalue weighted by Gasteiger charge is 2.12. The zero-order valence-electron chi connectivity index (χ0n) is 20.1. The molecule has 2 aromatic rings. The topological polar surface area (TPSA) is 70.8 Å². The van der Waals surface area contributed by atoms with E-state index in [0.29, 0.717) is 17.9 Å². The van der Waals surface area contributed by atoms with Gasteiger partial charge in [-0.15, -0.1) is 0 Å². The van der Waals surface area contributed by atoms with Crippen LogP contribution in [0, 0.1) is 10.1 Å². The monoisotopic (exact) mass is 451 g/mol. The molecule has 0 aliphatic carbocycles. The first-order valence-electron chi connectivity index (χ1n) is 10.9. The number of nitro groups is 1. The van der Waals surface area contributed by atoms with Crippen molar-refractivity contribution in [1.82, 2.24) is 0 Å². The first kappa shape index (κ1) is 25.9. The van der Waals surface area contributed by atoms with Gasteiger partial charge >= 0.3 is 0 Å². The van der Waals surface area contributed by atoms with Crippen LogP contribution in [0.25, 0.3) is 12.2 Å². The molecule has 0 saturated heterocycles. The summed E-state index contributed by atoms with van der Waals surface area (Å²) in [7, 11) is 3.20. The number of non-ortho nitro benzene ring substituents is 1. The van der Waals surface area contributed by atoms with Crippen LogP contribution in [-0.2, 0) is 11.2 Å². The molecular formula is C27H33NO5. The van der Waals surface area contributed by atoms with E-state index < -0.39 is 4.92 Å². The van der Waals surface area contributed by atoms with E-state index in [0.717, 1.165) is 29.5 Å². The number of methoxy groups -OCH3 is 2. The lowest BCUT2D eigenvalue weighted by atomic mass is 10.0. The quantitative estimate of drug-likeness (QED) is 0.114. The lowest BCUT2D eigenvalue weighted by Gasteiger charge is -2.15. The van der Waals surface area contributed by atoms with Gasteiger partial charge in [-0.3, -0.25) is 10.1 Å². The van der Waals surface area contributed by atoms with E-state index in [1.54, 1.807) is 26.4 Å². The summed E-state index contributed by atoms with van der Waals surface area (Å²) in [6.07, 6.45) is 11.1. The Bertz CT molecular complexity index is 1020. The summed E-state index contributed by atoms with van der Waals surface area (Å²) in [5.41, 5.74) is 5.53. The second-order valence-electron chi connectivity index (χ2n) is 8.02. The van der Waals surface area contributed by atoms with Gasteiger partial charge in [0.05, 0.1) is 12.0 Å². The Morgan fingerprint density at radius 2 is 1.70 bits per heavy atom. The molecule has 0 aliphatic heterocycles. The van der Waals surface area contributed by atoms with Crippen LogP contribution in [0.5, 0.6) is 11.5 Å². The fourth-order valence-electron chi connectivity index (χ4n) is 3.24. The average molecular weight is 452 g/mol. The maximum atomic E-state index is 10.8. The van der Waals surface area contributed by atoms with Gasteiger partial charge in [0, 0.05) is 24.8 Å². The second kappa shape index (κ2) is 13.2. The van der Waals surface area contributed by atoms with Crippen LogP contribution in [0.3, 0.4) is 0 Å². The van der Waals surface area contributed by atoms with Gasteiger partial charge in [-0.05, 0) is 75.4 Å². The van der Waals surface area contributed by atoms with Gasteiger partial charge in [0.2, 0.25) is 0 Å². The number of benzene rings is 2. The molecular weight excluding hydrogens is 418 g/mol. The molecule has 0 spiro atoms. The lowest BCUT2D eigenvalue weighted by molar-refractivity contribution is -0.384. The van der Waals surface area contributed by atoms with E-state index >= 15 is 0 Å². The summed E-state index contributed by atoms with van der Waals surface area (Å²) < 4.78 is 16.5. The Balaban J connectivity index is 2.30. The maximum absolute atomic E-state index is 10.8. The summed E-state index contributed by atoms with van der Waals surface area (Å²) in [4.78, 5) is 10.4. The number of hydrogen-bond donors (Lipinski definition) is 0. The molecule has 176 valence electrons. The van der Waals surface area contributed by atoms with Gasteiger partial charge in [-0.25, -0.2) is 0 Å². The molecule has 0 radical (unpaired) electrons. The SMILES string of the molecule is COCOc1c(C/C=C(\C)CCC=C(C)C)cc(/C=C/c2ccc([N+](=O)[O-])cc2)cc1OC. The standard InChI is InChI=1S/C27H33NO5/c1-20(2)7-6-8-21(3)9-14-24-17-23(18-26(32-5)27(24)33-19-31-4)11-10-22-12-15-25(16-13-22)28(29)30/h7,9-13,15-18H,6,8,14,19H2,1-5H3/b11-10+,21-9+. The van der Waals surface area contributed by atoms with Crippen molar-refractivity contribution in [3.63, 3.8) is 0 Å². The molecule has 6 nitrogen and oxygen atoms in total. The van der Waals surface area contributed by atoms with Crippen molar-refractivity contribution in [1.29, 1.82) is 0 Å². The number of nitrogens with zero attached hydrogens (tertiary/aromatic N) is 1. The Morgan fingerprint density at radius 3 is 2.30 bits per heavy atom. The van der Waals surface area contributed by atoms with Crippen LogP contribution in [0.15, 0.2) is 59.7 Å². The van der Waals surface area contributed by atoms with Crippen molar-refractivity contribution in [3.05, 3.63) is 86.5 Å². The lowest BCUT2D eigenvalue weighted by Crippen LogP contribution is -2.04. The minimum absolute atomic E-state index is 0.0718. The van der Waals surface area contributed by atoms with Crippen LogP contribution in [0.2, 0.25) is 0 Å². The molecule has 0 N–H and O–H groups in total. The second-order valence-corrected chi connectivity index (χ2v) is 8.02.